The van der Waals surface area contributed by atoms with Crippen molar-refractivity contribution in [3.63, 3.8) is 0 Å². The van der Waals surface area contributed by atoms with Crippen LogP contribution in [0.2, 0.25) is 0 Å². The van der Waals surface area contributed by atoms with Gasteiger partial charge in [-0.15, -0.1) is 0 Å². The number of furan rings is 1. The van der Waals surface area contributed by atoms with E-state index in [1.54, 1.807) is 24.6 Å². The van der Waals surface area contributed by atoms with Crippen molar-refractivity contribution in [1.82, 2.24) is 10.3 Å². The number of hydrogen-bond acceptors (Lipinski definition) is 5. The molecule has 0 aliphatic carbocycles. The number of nitrogens with zero attached hydrogens (tertiary/aromatic N) is 1. The Bertz CT molecular complexity index is 555. The Kier molecular flexibility index (Phi) is 5.78. The fraction of sp³-hybridized carbons (Fsp3) is 0.333. The SMILES string of the molecule is COc1ncccc1C(=O)NCCCOCc1ccco1. The van der Waals surface area contributed by atoms with Crippen molar-refractivity contribution >= 4 is 5.91 Å². The van der Waals surface area contributed by atoms with E-state index in [9.17, 15) is 4.79 Å². The second-order valence-electron chi connectivity index (χ2n) is 4.30. The van der Waals surface area contributed by atoms with E-state index in [-0.39, 0.29) is 5.91 Å². The van der Waals surface area contributed by atoms with E-state index in [0.29, 0.717) is 31.2 Å². The first-order chi connectivity index (χ1) is 10.3. The monoisotopic (exact) mass is 290 g/mol. The predicted octanol–water partition coefficient (Wildman–Crippen LogP) is 2.02. The molecule has 0 aliphatic rings. The Morgan fingerprint density at radius 1 is 1.38 bits per heavy atom. The Balaban J connectivity index is 1.65. The Morgan fingerprint density at radius 3 is 3.05 bits per heavy atom. The average molecular weight is 290 g/mol. The third-order valence-corrected chi connectivity index (χ3v) is 2.78. The van der Waals surface area contributed by atoms with Gasteiger partial charge in [0.25, 0.3) is 5.91 Å². The molecule has 1 N–H and O–H groups in total. The summed E-state index contributed by atoms with van der Waals surface area (Å²) < 4.78 is 15.6. The number of aromatic nitrogens is 1. The van der Waals surface area contributed by atoms with Gasteiger partial charge in [0.2, 0.25) is 5.88 Å². The highest BCUT2D eigenvalue weighted by molar-refractivity contribution is 5.96. The summed E-state index contributed by atoms with van der Waals surface area (Å²) >= 11 is 0. The maximum Gasteiger partial charge on any atom is 0.256 e. The number of carbonyl (C=O) groups excluding carboxylic acids is 1. The standard InChI is InChI=1S/C15H18N2O4/c1-19-15-13(6-2-7-17-15)14(18)16-8-4-9-20-11-12-5-3-10-21-12/h2-3,5-7,10H,4,8-9,11H2,1H3,(H,16,18). The first-order valence-corrected chi connectivity index (χ1v) is 6.68. The third kappa shape index (κ3) is 4.61. The number of amides is 1. The van der Waals surface area contributed by atoms with Crippen LogP contribution in [0.5, 0.6) is 5.88 Å². The maximum atomic E-state index is 12.0. The van der Waals surface area contributed by atoms with Crippen molar-refractivity contribution in [2.45, 2.75) is 13.0 Å². The van der Waals surface area contributed by atoms with Crippen LogP contribution >= 0.6 is 0 Å². The lowest BCUT2D eigenvalue weighted by molar-refractivity contribution is 0.0914. The van der Waals surface area contributed by atoms with Crippen LogP contribution in [-0.2, 0) is 11.3 Å². The minimum atomic E-state index is -0.203. The van der Waals surface area contributed by atoms with Crippen LogP contribution in [-0.4, -0.2) is 31.2 Å². The molecule has 0 radical (unpaired) electrons. The fourth-order valence-electron chi connectivity index (χ4n) is 1.77. The Labute approximate surface area is 123 Å². The molecule has 0 fully saturated rings. The number of rotatable bonds is 8. The van der Waals surface area contributed by atoms with E-state index in [1.807, 2.05) is 12.1 Å². The minimum Gasteiger partial charge on any atom is -0.480 e. The molecule has 0 atom stereocenters. The zero-order valence-corrected chi connectivity index (χ0v) is 11.9. The van der Waals surface area contributed by atoms with Gasteiger partial charge < -0.3 is 19.2 Å². The van der Waals surface area contributed by atoms with Crippen LogP contribution in [0.15, 0.2) is 41.1 Å². The summed E-state index contributed by atoms with van der Waals surface area (Å²) in [4.78, 5) is 15.9. The molecule has 0 aliphatic heterocycles. The predicted molar refractivity (Wildman–Crippen MR) is 76.1 cm³/mol. The van der Waals surface area contributed by atoms with E-state index in [1.165, 1.54) is 7.11 Å². The number of nitrogens with one attached hydrogen (secondary N) is 1. The molecule has 0 aromatic carbocycles. The van der Waals surface area contributed by atoms with E-state index >= 15 is 0 Å². The van der Waals surface area contributed by atoms with Crippen LogP contribution in [0.3, 0.4) is 0 Å². The summed E-state index contributed by atoms with van der Waals surface area (Å²) in [5.41, 5.74) is 0.427. The molecule has 0 unspecified atom stereocenters. The van der Waals surface area contributed by atoms with Gasteiger partial charge in [-0.25, -0.2) is 4.98 Å². The van der Waals surface area contributed by atoms with Gasteiger partial charge in [0, 0.05) is 19.3 Å². The highest BCUT2D eigenvalue weighted by Gasteiger charge is 2.11. The lowest BCUT2D eigenvalue weighted by Gasteiger charge is -2.08. The fourth-order valence-corrected chi connectivity index (χ4v) is 1.77. The molecule has 6 nitrogen and oxygen atoms in total. The summed E-state index contributed by atoms with van der Waals surface area (Å²) in [6.07, 6.45) is 3.91. The van der Waals surface area contributed by atoms with Crippen LogP contribution in [0, 0.1) is 0 Å². The van der Waals surface area contributed by atoms with Crippen LogP contribution in [0.4, 0.5) is 0 Å². The largest absolute Gasteiger partial charge is 0.480 e. The quantitative estimate of drug-likeness (QED) is 0.753. The summed E-state index contributed by atoms with van der Waals surface area (Å²) in [6, 6.07) is 7.05. The molecular formula is C15H18N2O4. The average Bonchev–Trinajstić information content (AvgIpc) is 3.03. The number of methoxy groups -OCH3 is 1. The van der Waals surface area contributed by atoms with E-state index in [0.717, 1.165) is 12.2 Å². The van der Waals surface area contributed by atoms with Crippen LogP contribution in [0.1, 0.15) is 22.5 Å². The lowest BCUT2D eigenvalue weighted by Crippen LogP contribution is -2.25. The van der Waals surface area contributed by atoms with Crippen molar-refractivity contribution < 1.29 is 18.7 Å². The van der Waals surface area contributed by atoms with Crippen molar-refractivity contribution in [3.8, 4) is 5.88 Å². The number of hydrogen-bond donors (Lipinski definition) is 1. The highest BCUT2D eigenvalue weighted by Crippen LogP contribution is 2.12. The second-order valence-corrected chi connectivity index (χ2v) is 4.30. The van der Waals surface area contributed by atoms with Crippen molar-refractivity contribution in [1.29, 1.82) is 0 Å². The molecule has 2 heterocycles. The first-order valence-electron chi connectivity index (χ1n) is 6.68. The zero-order valence-electron chi connectivity index (χ0n) is 11.9. The van der Waals surface area contributed by atoms with Gasteiger partial charge in [0.05, 0.1) is 13.4 Å². The molecule has 21 heavy (non-hydrogen) atoms. The van der Waals surface area contributed by atoms with Gasteiger partial charge in [0.1, 0.15) is 17.9 Å². The molecule has 0 bridgehead atoms. The van der Waals surface area contributed by atoms with Crippen molar-refractivity contribution in [2.24, 2.45) is 0 Å². The molecule has 0 saturated carbocycles. The van der Waals surface area contributed by atoms with Crippen LogP contribution < -0.4 is 10.1 Å². The molecule has 2 aromatic heterocycles. The molecule has 112 valence electrons. The van der Waals surface area contributed by atoms with Gasteiger partial charge in [0.15, 0.2) is 0 Å². The summed E-state index contributed by atoms with van der Waals surface area (Å²) in [5.74, 6) is 0.911. The molecule has 0 saturated heterocycles. The third-order valence-electron chi connectivity index (χ3n) is 2.78. The summed E-state index contributed by atoms with van der Waals surface area (Å²) in [5, 5.41) is 2.80. The van der Waals surface area contributed by atoms with Gasteiger partial charge >= 0.3 is 0 Å². The molecule has 1 amide bonds. The number of ether oxygens (including phenoxy) is 2. The van der Waals surface area contributed by atoms with E-state index < -0.39 is 0 Å². The lowest BCUT2D eigenvalue weighted by atomic mass is 10.2. The van der Waals surface area contributed by atoms with Gasteiger partial charge in [-0.3, -0.25) is 4.79 Å². The summed E-state index contributed by atoms with van der Waals surface area (Å²) in [7, 11) is 1.49. The summed E-state index contributed by atoms with van der Waals surface area (Å²) in [6.45, 7) is 1.51. The molecule has 2 rings (SSSR count). The molecule has 0 spiro atoms. The topological polar surface area (TPSA) is 73.6 Å². The number of carbonyl (C=O) groups is 1. The zero-order chi connectivity index (χ0) is 14.9. The van der Waals surface area contributed by atoms with E-state index in [4.69, 9.17) is 13.9 Å². The van der Waals surface area contributed by atoms with Crippen molar-refractivity contribution in [3.05, 3.63) is 48.0 Å². The van der Waals surface area contributed by atoms with E-state index in [2.05, 4.69) is 10.3 Å². The molecular weight excluding hydrogens is 272 g/mol. The maximum absolute atomic E-state index is 12.0. The van der Waals surface area contributed by atoms with Gasteiger partial charge in [-0.05, 0) is 30.7 Å². The second kappa shape index (κ2) is 8.06. The Hall–Kier alpha value is -2.34. The smallest absolute Gasteiger partial charge is 0.256 e. The normalized spacial score (nSPS) is 10.3. The molecule has 6 heteroatoms. The van der Waals surface area contributed by atoms with Crippen molar-refractivity contribution in [2.75, 3.05) is 20.3 Å². The van der Waals surface area contributed by atoms with Crippen LogP contribution in [0.25, 0.3) is 0 Å². The van der Waals surface area contributed by atoms with Gasteiger partial charge in [-0.1, -0.05) is 0 Å². The highest BCUT2D eigenvalue weighted by atomic mass is 16.5. The molecule has 2 aromatic rings. The first kappa shape index (κ1) is 15.1. The minimum absolute atomic E-state index is 0.203. The number of pyridine rings is 1. The Morgan fingerprint density at radius 2 is 2.29 bits per heavy atom. The van der Waals surface area contributed by atoms with Gasteiger partial charge in [-0.2, -0.15) is 0 Å².